The quantitative estimate of drug-likeness (QED) is 0.0660. The minimum atomic E-state index is -2.37. The predicted molar refractivity (Wildman–Crippen MR) is 295 cm³/mol. The van der Waals surface area contributed by atoms with Crippen LogP contribution in [-0.4, -0.2) is 172 Å². The highest BCUT2D eigenvalue weighted by atomic mass is 16.7. The van der Waals surface area contributed by atoms with Gasteiger partial charge in [0.25, 0.3) is 5.91 Å². The van der Waals surface area contributed by atoms with Crippen molar-refractivity contribution >= 4 is 35.1 Å². The van der Waals surface area contributed by atoms with Crippen molar-refractivity contribution in [1.82, 2.24) is 35.2 Å². The van der Waals surface area contributed by atoms with Crippen molar-refractivity contribution in [3.05, 3.63) is 105 Å². The Morgan fingerprint density at radius 2 is 1.54 bits per heavy atom. The number of aliphatic hydroxyl groups is 3. The van der Waals surface area contributed by atoms with Crippen LogP contribution in [0.4, 0.5) is 0 Å². The fourth-order valence-electron chi connectivity index (χ4n) is 12.5. The van der Waals surface area contributed by atoms with Gasteiger partial charge >= 0.3 is 0 Å². The summed E-state index contributed by atoms with van der Waals surface area (Å²) in [5.74, 6) is -5.65. The fraction of sp³-hybridized carbons (Fsp3) is 0.467. The third-order valence-electron chi connectivity index (χ3n) is 17.0. The molecule has 440 valence electrons. The van der Waals surface area contributed by atoms with E-state index in [-0.39, 0.29) is 81.2 Å². The molecular formula is C60H69N7O16. The van der Waals surface area contributed by atoms with Gasteiger partial charge in [-0.3, -0.25) is 38.2 Å². The van der Waals surface area contributed by atoms with Crippen molar-refractivity contribution in [2.75, 3.05) is 46.4 Å². The van der Waals surface area contributed by atoms with Crippen molar-refractivity contribution in [1.29, 1.82) is 0 Å². The molecule has 2 aliphatic carbocycles. The first-order chi connectivity index (χ1) is 39.7. The number of benzene rings is 4. The summed E-state index contributed by atoms with van der Waals surface area (Å²) in [6, 6.07) is 13.9. The number of ketones is 3. The van der Waals surface area contributed by atoms with Crippen molar-refractivity contribution < 1.29 is 78.7 Å². The van der Waals surface area contributed by atoms with Crippen LogP contribution in [0, 0.1) is 11.8 Å². The number of carbonyl (C=O) groups is 6. The molecule has 3 aliphatic heterocycles. The molecule has 23 heteroatoms. The van der Waals surface area contributed by atoms with Gasteiger partial charge in [-0.15, -0.1) is 10.2 Å². The third kappa shape index (κ3) is 10.9. The lowest BCUT2D eigenvalue weighted by atomic mass is 9.72. The summed E-state index contributed by atoms with van der Waals surface area (Å²) in [6.45, 7) is 9.12. The predicted octanol–water partition coefficient (Wildman–Crippen LogP) is 3.84. The van der Waals surface area contributed by atoms with Gasteiger partial charge in [-0.2, -0.15) is 0 Å². The maximum absolute atomic E-state index is 14.1. The summed E-state index contributed by atoms with van der Waals surface area (Å²) in [5.41, 5.74) is -1.64. The van der Waals surface area contributed by atoms with Gasteiger partial charge in [0.2, 0.25) is 23.4 Å². The second-order valence-corrected chi connectivity index (χ2v) is 22.6. The van der Waals surface area contributed by atoms with Gasteiger partial charge in [0.05, 0.1) is 47.6 Å². The van der Waals surface area contributed by atoms with E-state index in [1.807, 2.05) is 43.0 Å². The number of aromatic nitrogens is 3. The van der Waals surface area contributed by atoms with Crippen LogP contribution in [0.1, 0.15) is 143 Å². The summed E-state index contributed by atoms with van der Waals surface area (Å²) in [5, 5.41) is 92.3. The Bertz CT molecular complexity index is 3380. The molecule has 5 aliphatic rings. The molecule has 0 saturated carbocycles. The number of rotatable bonds is 15. The Labute approximate surface area is 477 Å². The number of hydrogen-bond acceptors (Lipinski definition) is 19. The number of Topliss-reactive ketones (excluding diaryl/α,β-unsaturated/α-hetero) is 1. The van der Waals surface area contributed by atoms with E-state index in [4.69, 9.17) is 14.2 Å². The Morgan fingerprint density at radius 1 is 0.855 bits per heavy atom. The Kier molecular flexibility index (Phi) is 16.5. The smallest absolute Gasteiger partial charge is 0.289 e. The summed E-state index contributed by atoms with van der Waals surface area (Å²) >= 11 is 0. The number of fused-ring (bicyclic) bond motifs is 3. The SMILES string of the molecule is CCNC(=O)c1nnc(-c2cc(C(C)C)c(O)cc2O)n1-c1ccc(CN2CCC(C(=O)N3CCC(C(=O)NC4CC(O[C@H]5C[C@](O)(C(=O)CO)Cc6c(O)c7c(c(O)c65)C(=O)c5c(OC)cccc5C7=O)OC(C)C4O)CC3)CC2)cc1. The van der Waals surface area contributed by atoms with Crippen LogP contribution in [0.3, 0.4) is 0 Å². The molecule has 9 N–H and O–H groups in total. The number of methoxy groups -OCH3 is 1. The molecule has 3 fully saturated rings. The lowest BCUT2D eigenvalue weighted by Gasteiger charge is -2.43. The van der Waals surface area contributed by atoms with Gasteiger partial charge in [-0.05, 0) is 93.9 Å². The minimum absolute atomic E-state index is 0.0309. The van der Waals surface area contributed by atoms with Crippen LogP contribution in [-0.2, 0) is 36.8 Å². The summed E-state index contributed by atoms with van der Waals surface area (Å²) in [4.78, 5) is 86.3. The van der Waals surface area contributed by atoms with Crippen molar-refractivity contribution in [3.63, 3.8) is 0 Å². The Morgan fingerprint density at radius 3 is 2.20 bits per heavy atom. The first kappa shape index (κ1) is 58.4. The van der Waals surface area contributed by atoms with Gasteiger partial charge < -0.3 is 65.5 Å². The third-order valence-corrected chi connectivity index (χ3v) is 17.0. The van der Waals surface area contributed by atoms with Gasteiger partial charge in [0.15, 0.2) is 23.7 Å². The molecule has 0 bridgehead atoms. The van der Waals surface area contributed by atoms with Crippen LogP contribution < -0.4 is 15.4 Å². The molecule has 23 nitrogen and oxygen atoms in total. The zero-order valence-electron chi connectivity index (χ0n) is 46.8. The highest BCUT2D eigenvalue weighted by molar-refractivity contribution is 6.31. The molecule has 6 atom stereocenters. The molecule has 83 heavy (non-hydrogen) atoms. The van der Waals surface area contributed by atoms with Gasteiger partial charge in [-0.1, -0.05) is 38.1 Å². The van der Waals surface area contributed by atoms with Gasteiger partial charge in [0.1, 0.15) is 47.1 Å². The van der Waals surface area contributed by atoms with Crippen molar-refractivity contribution in [2.24, 2.45) is 11.8 Å². The second kappa shape index (κ2) is 23.5. The average molecular weight is 1140 g/mol. The van der Waals surface area contributed by atoms with E-state index in [1.165, 1.54) is 31.4 Å². The largest absolute Gasteiger partial charge is 0.508 e. The highest BCUT2D eigenvalue weighted by Crippen LogP contribution is 2.53. The average Bonchev–Trinajstić information content (AvgIpc) is 2.29. The number of likely N-dealkylation sites (tertiary alicyclic amines) is 2. The van der Waals surface area contributed by atoms with E-state index >= 15 is 0 Å². The van der Waals surface area contributed by atoms with Crippen LogP contribution in [0.25, 0.3) is 17.1 Å². The summed E-state index contributed by atoms with van der Waals surface area (Å²) in [7, 11) is 1.31. The molecule has 4 aromatic carbocycles. The first-order valence-corrected chi connectivity index (χ1v) is 28.1. The van der Waals surface area contributed by atoms with Crippen LogP contribution in [0.2, 0.25) is 0 Å². The number of phenols is 4. The molecule has 1 aromatic heterocycles. The summed E-state index contributed by atoms with van der Waals surface area (Å²) < 4.78 is 19.4. The molecule has 0 radical (unpaired) electrons. The first-order valence-electron chi connectivity index (χ1n) is 28.1. The lowest BCUT2D eigenvalue weighted by Crippen LogP contribution is -2.57. The number of ether oxygens (including phenoxy) is 3. The number of hydrogen-bond donors (Lipinski definition) is 9. The minimum Gasteiger partial charge on any atom is -0.508 e. The second-order valence-electron chi connectivity index (χ2n) is 22.6. The van der Waals surface area contributed by atoms with Crippen molar-refractivity contribution in [3.8, 4) is 45.8 Å². The highest BCUT2D eigenvalue weighted by Gasteiger charge is 2.51. The molecular weight excluding hydrogens is 1070 g/mol. The van der Waals surface area contributed by atoms with E-state index in [0.717, 1.165) is 5.56 Å². The van der Waals surface area contributed by atoms with E-state index < -0.39 is 107 Å². The monoisotopic (exact) mass is 1140 g/mol. The Hall–Kier alpha value is -7.80. The number of aliphatic hydroxyl groups excluding tert-OH is 2. The van der Waals surface area contributed by atoms with E-state index in [0.29, 0.717) is 81.8 Å². The van der Waals surface area contributed by atoms with E-state index in [9.17, 15) is 64.5 Å². The number of nitrogens with one attached hydrogen (secondary N) is 2. The molecule has 3 amide bonds. The van der Waals surface area contributed by atoms with Crippen molar-refractivity contribution in [2.45, 2.75) is 121 Å². The molecule has 4 heterocycles. The molecule has 10 rings (SSSR count). The molecule has 4 unspecified atom stereocenters. The van der Waals surface area contributed by atoms with Crippen LogP contribution in [0.15, 0.2) is 54.6 Å². The topological polar surface area (TPSA) is 333 Å². The lowest BCUT2D eigenvalue weighted by molar-refractivity contribution is -0.249. The zero-order valence-corrected chi connectivity index (χ0v) is 46.8. The zero-order chi connectivity index (χ0) is 59.3. The maximum Gasteiger partial charge on any atom is 0.289 e. The normalized spacial score (nSPS) is 23.1. The van der Waals surface area contributed by atoms with E-state index in [2.05, 4.69) is 25.7 Å². The number of carbonyl (C=O) groups excluding carboxylic acids is 6. The number of nitrogens with zero attached hydrogens (tertiary/aromatic N) is 5. The fourth-order valence-corrected chi connectivity index (χ4v) is 12.5. The number of piperidine rings is 2. The van der Waals surface area contributed by atoms with Gasteiger partial charge in [0, 0.05) is 85.7 Å². The molecule has 5 aromatic rings. The van der Waals surface area contributed by atoms with E-state index in [1.54, 1.807) is 24.5 Å². The van der Waals surface area contributed by atoms with Crippen LogP contribution in [0.5, 0.6) is 28.7 Å². The summed E-state index contributed by atoms with van der Waals surface area (Å²) in [6.07, 6.45) is -4.29. The number of amides is 3. The standard InChI is InChI=1S/C60H69N7O16/c1-6-61-58(78)56-64-63-55(37-22-36(29(2)3)40(69)24-41(37)70)67(56)34-12-10-31(11-13-34)27-65-18-14-33(15-19-65)59(79)66-20-16-32(17-21-66)57(77)62-39-23-45(82-30(4)50(39)72)83-43-26-60(80,44(71)28-68)25-38-47(43)54(76)49-48(52(38)74)51(73)35-8-7-9-42(81-5)46(35)53(49)75/h7-13,22,24,29-30,32-33,39,43,45,50,68-70,72,74,76,80H,6,14-21,23,25-28H2,1-5H3,(H,61,78)(H,62,77)/t30?,39?,43-,45?,50?,60-/m0/s1. The number of aromatic hydroxyl groups is 4. The molecule has 0 spiro atoms. The number of phenolic OH excluding ortho intramolecular Hbond substituents is 4. The maximum atomic E-state index is 14.1. The van der Waals surface area contributed by atoms with Crippen LogP contribution >= 0.6 is 0 Å². The Balaban J connectivity index is 0.751. The van der Waals surface area contributed by atoms with Gasteiger partial charge in [-0.25, -0.2) is 0 Å². The molecule has 3 saturated heterocycles.